The van der Waals surface area contributed by atoms with Crippen LogP contribution in [0.1, 0.15) is 6.42 Å². The average Bonchev–Trinajstić information content (AvgIpc) is 2.37. The van der Waals surface area contributed by atoms with Crippen LogP contribution in [0.15, 0.2) is 18.2 Å². The third kappa shape index (κ3) is 5.02. The number of nitrogens with one attached hydrogen (secondary N) is 2. The molecule has 0 saturated carbocycles. The molecule has 0 heterocycles. The second kappa shape index (κ2) is 7.66. The summed E-state index contributed by atoms with van der Waals surface area (Å²) in [5.74, 6) is -1.91. The Morgan fingerprint density at radius 1 is 1.50 bits per heavy atom. The van der Waals surface area contributed by atoms with Crippen molar-refractivity contribution in [2.24, 2.45) is 0 Å². The van der Waals surface area contributed by atoms with Gasteiger partial charge in [-0.3, -0.25) is 0 Å². The quantitative estimate of drug-likeness (QED) is 0.751. The number of carbonyl (C=O) groups excluding carboxylic acids is 1. The first-order valence-corrected chi connectivity index (χ1v) is 6.06. The molecule has 0 aliphatic carbocycles. The van der Waals surface area contributed by atoms with Gasteiger partial charge in [-0.1, -0.05) is 11.6 Å². The van der Waals surface area contributed by atoms with E-state index in [0.717, 1.165) is 6.07 Å². The van der Waals surface area contributed by atoms with Crippen LogP contribution in [0.25, 0.3) is 0 Å². The highest BCUT2D eigenvalue weighted by atomic mass is 35.5. The molecule has 0 bridgehead atoms. The van der Waals surface area contributed by atoms with Gasteiger partial charge in [-0.15, -0.1) is 0 Å². The molecule has 110 valence electrons. The largest absolute Gasteiger partial charge is 0.480 e. The predicted molar refractivity (Wildman–Crippen MR) is 71.5 cm³/mol. The molecule has 1 rings (SSSR count). The number of hydrogen-bond acceptors (Lipinski definition) is 3. The Labute approximate surface area is 119 Å². The number of aliphatic carboxylic acids is 1. The van der Waals surface area contributed by atoms with Crippen LogP contribution in [0.4, 0.5) is 14.9 Å². The van der Waals surface area contributed by atoms with Crippen LogP contribution in [0.5, 0.6) is 0 Å². The van der Waals surface area contributed by atoms with Gasteiger partial charge in [-0.05, 0) is 18.2 Å². The van der Waals surface area contributed by atoms with E-state index in [9.17, 15) is 14.0 Å². The van der Waals surface area contributed by atoms with Gasteiger partial charge in [0.15, 0.2) is 0 Å². The summed E-state index contributed by atoms with van der Waals surface area (Å²) in [6, 6.07) is 1.78. The lowest BCUT2D eigenvalue weighted by Crippen LogP contribution is -2.43. The number of amides is 2. The molecule has 0 aliphatic heterocycles. The number of hydrogen-bond donors (Lipinski definition) is 3. The summed E-state index contributed by atoms with van der Waals surface area (Å²) < 4.78 is 18.2. The lowest BCUT2D eigenvalue weighted by molar-refractivity contribution is -0.139. The Balaban J connectivity index is 2.63. The molecular formula is C12H14ClFN2O4. The van der Waals surface area contributed by atoms with Gasteiger partial charge in [0.05, 0.1) is 5.69 Å². The highest BCUT2D eigenvalue weighted by molar-refractivity contribution is 6.30. The molecule has 6 nitrogen and oxygen atoms in total. The number of rotatable bonds is 6. The van der Waals surface area contributed by atoms with E-state index in [1.54, 1.807) is 0 Å². The molecule has 1 unspecified atom stereocenters. The highest BCUT2D eigenvalue weighted by Gasteiger charge is 2.20. The number of carbonyl (C=O) groups is 2. The van der Waals surface area contributed by atoms with Crippen molar-refractivity contribution in [3.8, 4) is 0 Å². The third-order valence-corrected chi connectivity index (χ3v) is 2.63. The fraction of sp³-hybridized carbons (Fsp3) is 0.333. The smallest absolute Gasteiger partial charge is 0.326 e. The number of urea groups is 1. The van der Waals surface area contributed by atoms with Crippen LogP contribution < -0.4 is 10.6 Å². The van der Waals surface area contributed by atoms with Gasteiger partial charge >= 0.3 is 12.0 Å². The monoisotopic (exact) mass is 304 g/mol. The highest BCUT2D eigenvalue weighted by Crippen LogP contribution is 2.18. The SMILES string of the molecule is COCCC(NC(=O)Nc1ccc(Cl)cc1F)C(=O)O. The molecule has 1 atom stereocenters. The fourth-order valence-corrected chi connectivity index (χ4v) is 1.56. The summed E-state index contributed by atoms with van der Waals surface area (Å²) in [6.07, 6.45) is 0.0996. The van der Waals surface area contributed by atoms with Gasteiger partial charge in [0.2, 0.25) is 0 Å². The first-order valence-electron chi connectivity index (χ1n) is 5.68. The Kier molecular flexibility index (Phi) is 6.20. The molecule has 0 fully saturated rings. The first kappa shape index (κ1) is 16.2. The number of methoxy groups -OCH3 is 1. The van der Waals surface area contributed by atoms with Crippen molar-refractivity contribution in [1.29, 1.82) is 0 Å². The number of carboxylic acid groups (broad SMARTS) is 1. The maximum atomic E-state index is 13.4. The van der Waals surface area contributed by atoms with E-state index in [1.807, 2.05) is 0 Å². The van der Waals surface area contributed by atoms with Gasteiger partial charge in [0, 0.05) is 25.2 Å². The number of carboxylic acids is 1. The molecule has 20 heavy (non-hydrogen) atoms. The minimum Gasteiger partial charge on any atom is -0.480 e. The average molecular weight is 305 g/mol. The Bertz CT molecular complexity index is 498. The van der Waals surface area contributed by atoms with Crippen molar-refractivity contribution < 1.29 is 23.8 Å². The molecule has 2 amide bonds. The zero-order valence-electron chi connectivity index (χ0n) is 10.7. The van der Waals surface area contributed by atoms with E-state index >= 15 is 0 Å². The lowest BCUT2D eigenvalue weighted by atomic mass is 10.2. The topological polar surface area (TPSA) is 87.7 Å². The Hall–Kier alpha value is -1.86. The Morgan fingerprint density at radius 2 is 2.20 bits per heavy atom. The van der Waals surface area contributed by atoms with Crippen LogP contribution in [0.2, 0.25) is 5.02 Å². The zero-order chi connectivity index (χ0) is 15.1. The number of benzene rings is 1. The number of anilines is 1. The molecule has 1 aromatic rings. The molecule has 0 aliphatic rings. The van der Waals surface area contributed by atoms with E-state index in [1.165, 1.54) is 19.2 Å². The van der Waals surface area contributed by atoms with E-state index < -0.39 is 23.9 Å². The molecular weight excluding hydrogens is 291 g/mol. The maximum absolute atomic E-state index is 13.4. The van der Waals surface area contributed by atoms with E-state index in [4.69, 9.17) is 21.4 Å². The molecule has 0 aromatic heterocycles. The molecule has 0 saturated heterocycles. The number of ether oxygens (including phenoxy) is 1. The van der Waals surface area contributed by atoms with E-state index in [0.29, 0.717) is 0 Å². The minimum absolute atomic E-state index is 0.0946. The van der Waals surface area contributed by atoms with E-state index in [2.05, 4.69) is 10.6 Å². The normalized spacial score (nSPS) is 11.8. The third-order valence-electron chi connectivity index (χ3n) is 2.39. The van der Waals surface area contributed by atoms with Gasteiger partial charge in [0.1, 0.15) is 11.9 Å². The van der Waals surface area contributed by atoms with Crippen molar-refractivity contribution in [3.63, 3.8) is 0 Å². The summed E-state index contributed by atoms with van der Waals surface area (Å²) in [5, 5.41) is 13.5. The van der Waals surface area contributed by atoms with Crippen LogP contribution in [-0.2, 0) is 9.53 Å². The zero-order valence-corrected chi connectivity index (χ0v) is 11.4. The molecule has 8 heteroatoms. The van der Waals surface area contributed by atoms with Crippen molar-refractivity contribution >= 4 is 29.3 Å². The van der Waals surface area contributed by atoms with Gasteiger partial charge < -0.3 is 20.5 Å². The maximum Gasteiger partial charge on any atom is 0.326 e. The van der Waals surface area contributed by atoms with Gasteiger partial charge in [-0.25, -0.2) is 14.0 Å². The van der Waals surface area contributed by atoms with Crippen molar-refractivity contribution in [1.82, 2.24) is 5.32 Å². The number of halogens is 2. The molecule has 0 radical (unpaired) electrons. The first-order chi connectivity index (χ1) is 9.43. The summed E-state index contributed by atoms with van der Waals surface area (Å²) in [5.41, 5.74) is -0.0946. The summed E-state index contributed by atoms with van der Waals surface area (Å²) in [7, 11) is 1.42. The summed E-state index contributed by atoms with van der Waals surface area (Å²) in [6.45, 7) is 0.173. The van der Waals surface area contributed by atoms with Crippen LogP contribution in [0.3, 0.4) is 0 Å². The van der Waals surface area contributed by atoms with Crippen molar-refractivity contribution in [2.75, 3.05) is 19.0 Å². The van der Waals surface area contributed by atoms with Gasteiger partial charge in [-0.2, -0.15) is 0 Å². The minimum atomic E-state index is -1.20. The van der Waals surface area contributed by atoms with E-state index in [-0.39, 0.29) is 23.7 Å². The standard InChI is InChI=1S/C12H14ClFN2O4/c1-20-5-4-10(11(17)18)16-12(19)15-9-3-2-7(13)6-8(9)14/h2-3,6,10H,4-5H2,1H3,(H,17,18)(H2,15,16,19). The molecule has 1 aromatic carbocycles. The molecule has 3 N–H and O–H groups in total. The van der Waals surface area contributed by atoms with Crippen LogP contribution in [0, 0.1) is 5.82 Å². The van der Waals surface area contributed by atoms with Crippen molar-refractivity contribution in [2.45, 2.75) is 12.5 Å². The van der Waals surface area contributed by atoms with Gasteiger partial charge in [0.25, 0.3) is 0 Å². The van der Waals surface area contributed by atoms with Crippen LogP contribution in [-0.4, -0.2) is 36.9 Å². The van der Waals surface area contributed by atoms with Crippen molar-refractivity contribution in [3.05, 3.63) is 29.0 Å². The predicted octanol–water partition coefficient (Wildman–Crippen LogP) is 2.09. The fourth-order valence-electron chi connectivity index (χ4n) is 1.40. The molecule has 0 spiro atoms. The lowest BCUT2D eigenvalue weighted by Gasteiger charge is -2.15. The Morgan fingerprint density at radius 3 is 2.75 bits per heavy atom. The second-order valence-electron chi connectivity index (χ2n) is 3.89. The van der Waals surface area contributed by atoms with Crippen LogP contribution >= 0.6 is 11.6 Å². The second-order valence-corrected chi connectivity index (χ2v) is 4.33. The summed E-state index contributed by atoms with van der Waals surface area (Å²) in [4.78, 5) is 22.5. The summed E-state index contributed by atoms with van der Waals surface area (Å²) >= 11 is 5.58.